The van der Waals surface area contributed by atoms with Gasteiger partial charge in [-0.15, -0.1) is 0 Å². The molecular weight excluding hydrogens is 306 g/mol. The molecule has 2 aromatic rings. The van der Waals surface area contributed by atoms with E-state index in [9.17, 15) is 9.90 Å². The molecule has 0 aliphatic carbocycles. The lowest BCUT2D eigenvalue weighted by Gasteiger charge is -2.19. The Morgan fingerprint density at radius 1 is 1.29 bits per heavy atom. The van der Waals surface area contributed by atoms with Crippen molar-refractivity contribution in [3.63, 3.8) is 0 Å². The SMILES string of the molecule is Cc1cc(OC(C)C(=O)NC(CO)c2ccco2)ccc1C(C)C. The van der Waals surface area contributed by atoms with E-state index in [0.29, 0.717) is 17.4 Å². The molecule has 1 aromatic heterocycles. The molecule has 24 heavy (non-hydrogen) atoms. The third-order valence-electron chi connectivity index (χ3n) is 3.93. The topological polar surface area (TPSA) is 71.7 Å². The van der Waals surface area contributed by atoms with Crippen molar-refractivity contribution in [1.82, 2.24) is 5.32 Å². The van der Waals surface area contributed by atoms with Crippen molar-refractivity contribution >= 4 is 5.91 Å². The molecule has 2 N–H and O–H groups in total. The summed E-state index contributed by atoms with van der Waals surface area (Å²) in [5.74, 6) is 1.29. The number of rotatable bonds is 7. The van der Waals surface area contributed by atoms with Crippen molar-refractivity contribution in [1.29, 1.82) is 0 Å². The van der Waals surface area contributed by atoms with E-state index in [4.69, 9.17) is 9.15 Å². The van der Waals surface area contributed by atoms with Crippen molar-refractivity contribution in [3.8, 4) is 5.75 Å². The molecule has 0 aliphatic heterocycles. The van der Waals surface area contributed by atoms with Crippen molar-refractivity contribution in [2.45, 2.75) is 45.8 Å². The number of ether oxygens (including phenoxy) is 1. The number of furan rings is 1. The van der Waals surface area contributed by atoms with Gasteiger partial charge < -0.3 is 19.6 Å². The number of aliphatic hydroxyl groups is 1. The number of hydrogen-bond donors (Lipinski definition) is 2. The number of carbonyl (C=O) groups is 1. The molecule has 5 heteroatoms. The van der Waals surface area contributed by atoms with E-state index in [1.165, 1.54) is 11.8 Å². The van der Waals surface area contributed by atoms with E-state index in [0.717, 1.165) is 5.56 Å². The highest BCUT2D eigenvalue weighted by Crippen LogP contribution is 2.24. The van der Waals surface area contributed by atoms with Crippen molar-refractivity contribution in [2.75, 3.05) is 6.61 Å². The molecule has 0 saturated carbocycles. The Balaban J connectivity index is 1.99. The van der Waals surface area contributed by atoms with Gasteiger partial charge in [0.25, 0.3) is 5.91 Å². The van der Waals surface area contributed by atoms with E-state index < -0.39 is 12.1 Å². The number of nitrogens with one attached hydrogen (secondary N) is 1. The van der Waals surface area contributed by atoms with Gasteiger partial charge in [-0.2, -0.15) is 0 Å². The maximum atomic E-state index is 12.3. The number of hydrogen-bond acceptors (Lipinski definition) is 4. The maximum Gasteiger partial charge on any atom is 0.261 e. The first-order chi connectivity index (χ1) is 11.4. The van der Waals surface area contributed by atoms with Gasteiger partial charge in [0.1, 0.15) is 17.6 Å². The Hall–Kier alpha value is -2.27. The van der Waals surface area contributed by atoms with E-state index >= 15 is 0 Å². The van der Waals surface area contributed by atoms with Crippen LogP contribution in [0.2, 0.25) is 0 Å². The van der Waals surface area contributed by atoms with E-state index in [2.05, 4.69) is 19.2 Å². The van der Waals surface area contributed by atoms with Crippen molar-refractivity contribution in [2.24, 2.45) is 0 Å². The van der Waals surface area contributed by atoms with E-state index in [1.807, 2.05) is 25.1 Å². The van der Waals surface area contributed by atoms with Gasteiger partial charge in [0, 0.05) is 0 Å². The van der Waals surface area contributed by atoms with Crippen LogP contribution in [-0.2, 0) is 4.79 Å². The molecule has 0 spiro atoms. The average molecular weight is 331 g/mol. The summed E-state index contributed by atoms with van der Waals surface area (Å²) >= 11 is 0. The largest absolute Gasteiger partial charge is 0.481 e. The second-order valence-electron chi connectivity index (χ2n) is 6.19. The summed E-state index contributed by atoms with van der Waals surface area (Å²) in [4.78, 5) is 12.3. The fourth-order valence-corrected chi connectivity index (χ4v) is 2.61. The average Bonchev–Trinajstić information content (AvgIpc) is 3.06. The van der Waals surface area contributed by atoms with Crippen LogP contribution < -0.4 is 10.1 Å². The number of carbonyl (C=O) groups excluding carboxylic acids is 1. The molecule has 0 bridgehead atoms. The van der Waals surface area contributed by atoms with Crippen LogP contribution in [-0.4, -0.2) is 23.7 Å². The summed E-state index contributed by atoms with van der Waals surface area (Å²) in [6.07, 6.45) is 0.821. The highest BCUT2D eigenvalue weighted by atomic mass is 16.5. The third kappa shape index (κ3) is 4.38. The highest BCUT2D eigenvalue weighted by molar-refractivity contribution is 5.81. The summed E-state index contributed by atoms with van der Waals surface area (Å²) < 4.78 is 11.0. The Bertz CT molecular complexity index is 664. The second kappa shape index (κ2) is 8.02. The first-order valence-corrected chi connectivity index (χ1v) is 8.14. The fourth-order valence-electron chi connectivity index (χ4n) is 2.61. The molecule has 1 heterocycles. The molecule has 0 aliphatic rings. The van der Waals surface area contributed by atoms with Crippen LogP contribution in [0.5, 0.6) is 5.75 Å². The highest BCUT2D eigenvalue weighted by Gasteiger charge is 2.21. The van der Waals surface area contributed by atoms with Crippen LogP contribution >= 0.6 is 0 Å². The zero-order chi connectivity index (χ0) is 17.7. The Kier molecular flexibility index (Phi) is 6.04. The lowest BCUT2D eigenvalue weighted by Crippen LogP contribution is -2.39. The maximum absolute atomic E-state index is 12.3. The van der Waals surface area contributed by atoms with Crippen LogP contribution in [0.1, 0.15) is 49.6 Å². The minimum Gasteiger partial charge on any atom is -0.481 e. The normalized spacial score (nSPS) is 13.6. The van der Waals surface area contributed by atoms with Gasteiger partial charge in [0.15, 0.2) is 6.10 Å². The molecule has 2 unspecified atom stereocenters. The molecule has 2 atom stereocenters. The van der Waals surface area contributed by atoms with Crippen molar-refractivity contribution < 1.29 is 19.1 Å². The first-order valence-electron chi connectivity index (χ1n) is 8.14. The zero-order valence-corrected chi connectivity index (χ0v) is 14.6. The number of aliphatic hydroxyl groups excluding tert-OH is 1. The molecular formula is C19H25NO4. The van der Waals surface area contributed by atoms with Crippen LogP contribution in [0, 0.1) is 6.92 Å². The van der Waals surface area contributed by atoms with E-state index in [1.54, 1.807) is 19.1 Å². The molecule has 0 saturated heterocycles. The van der Waals surface area contributed by atoms with Gasteiger partial charge >= 0.3 is 0 Å². The lowest BCUT2D eigenvalue weighted by atomic mass is 9.98. The molecule has 0 fully saturated rings. The number of amides is 1. The lowest BCUT2D eigenvalue weighted by molar-refractivity contribution is -0.128. The van der Waals surface area contributed by atoms with Gasteiger partial charge in [0.05, 0.1) is 12.9 Å². The third-order valence-corrected chi connectivity index (χ3v) is 3.93. The molecule has 0 radical (unpaired) electrons. The van der Waals surface area contributed by atoms with Gasteiger partial charge in [0.2, 0.25) is 0 Å². The number of aryl methyl sites for hydroxylation is 1. The molecule has 1 aromatic carbocycles. The Morgan fingerprint density at radius 2 is 2.04 bits per heavy atom. The first kappa shape index (κ1) is 18.1. The van der Waals surface area contributed by atoms with E-state index in [-0.39, 0.29) is 12.5 Å². The summed E-state index contributed by atoms with van der Waals surface area (Å²) in [5.41, 5.74) is 2.40. The predicted molar refractivity (Wildman–Crippen MR) is 92.0 cm³/mol. The predicted octanol–water partition coefficient (Wildman–Crippen LogP) is 3.33. The quantitative estimate of drug-likeness (QED) is 0.816. The summed E-state index contributed by atoms with van der Waals surface area (Å²) in [7, 11) is 0. The van der Waals surface area contributed by atoms with Gasteiger partial charge in [-0.05, 0) is 55.2 Å². The number of benzene rings is 1. The molecule has 5 nitrogen and oxygen atoms in total. The minimum absolute atomic E-state index is 0.242. The summed E-state index contributed by atoms with van der Waals surface area (Å²) in [6.45, 7) is 7.75. The monoisotopic (exact) mass is 331 g/mol. The Morgan fingerprint density at radius 3 is 2.58 bits per heavy atom. The van der Waals surface area contributed by atoms with Gasteiger partial charge in [-0.25, -0.2) is 0 Å². The Labute approximate surface area is 142 Å². The molecule has 130 valence electrons. The smallest absolute Gasteiger partial charge is 0.261 e. The van der Waals surface area contributed by atoms with Crippen molar-refractivity contribution in [3.05, 3.63) is 53.5 Å². The van der Waals surface area contributed by atoms with Gasteiger partial charge in [-0.1, -0.05) is 19.9 Å². The zero-order valence-electron chi connectivity index (χ0n) is 14.6. The summed E-state index contributed by atoms with van der Waals surface area (Å²) in [5, 5.41) is 12.1. The molecule has 2 rings (SSSR count). The minimum atomic E-state index is -0.682. The standard InChI is InChI=1S/C19H25NO4/c1-12(2)16-8-7-15(10-13(16)3)24-14(4)19(22)20-17(11-21)18-6-5-9-23-18/h5-10,12,14,17,21H,11H2,1-4H3,(H,20,22). The van der Waals surface area contributed by atoms with Crippen LogP contribution in [0.3, 0.4) is 0 Å². The fraction of sp³-hybridized carbons (Fsp3) is 0.421. The van der Waals surface area contributed by atoms with Gasteiger partial charge in [-0.3, -0.25) is 4.79 Å². The second-order valence-corrected chi connectivity index (χ2v) is 6.19. The van der Waals surface area contributed by atoms with Crippen LogP contribution in [0.15, 0.2) is 41.0 Å². The van der Waals surface area contributed by atoms with Crippen LogP contribution in [0.25, 0.3) is 0 Å². The molecule has 1 amide bonds. The summed E-state index contributed by atoms with van der Waals surface area (Å²) in [6, 6.07) is 8.68. The van der Waals surface area contributed by atoms with Crippen LogP contribution in [0.4, 0.5) is 0 Å².